The molecule has 88 valence electrons. The first-order valence-corrected chi connectivity index (χ1v) is 5.39. The van der Waals surface area contributed by atoms with Crippen LogP contribution in [0.25, 0.3) is 0 Å². The molecule has 0 aliphatic rings. The predicted molar refractivity (Wildman–Crippen MR) is 66.7 cm³/mol. The molecule has 5 nitrogen and oxygen atoms in total. The van der Waals surface area contributed by atoms with Crippen LogP contribution in [0.3, 0.4) is 0 Å². The van der Waals surface area contributed by atoms with Crippen molar-refractivity contribution in [2.24, 2.45) is 0 Å². The Balaban J connectivity index is 2.11. The number of aromatic nitrogens is 2. The molecule has 0 saturated heterocycles. The fourth-order valence-electron chi connectivity index (χ4n) is 1.47. The largest absolute Gasteiger partial charge is 0.399 e. The zero-order chi connectivity index (χ0) is 12.3. The first-order valence-electron chi connectivity index (χ1n) is 5.39. The van der Waals surface area contributed by atoms with Crippen LogP contribution in [0.2, 0.25) is 0 Å². The normalized spacial score (nSPS) is 10.2. The van der Waals surface area contributed by atoms with E-state index in [9.17, 15) is 4.79 Å². The summed E-state index contributed by atoms with van der Waals surface area (Å²) in [6, 6.07) is 8.72. The maximum atomic E-state index is 11.8. The topological polar surface area (TPSA) is 72.9 Å². The van der Waals surface area contributed by atoms with Crippen molar-refractivity contribution < 1.29 is 4.79 Å². The van der Waals surface area contributed by atoms with Gasteiger partial charge in [-0.3, -0.25) is 9.48 Å². The monoisotopic (exact) mass is 230 g/mol. The van der Waals surface area contributed by atoms with E-state index in [4.69, 9.17) is 5.73 Å². The van der Waals surface area contributed by atoms with Gasteiger partial charge in [0, 0.05) is 24.1 Å². The zero-order valence-corrected chi connectivity index (χ0v) is 9.55. The van der Waals surface area contributed by atoms with Gasteiger partial charge < -0.3 is 11.1 Å². The Morgan fingerprint density at radius 1 is 1.47 bits per heavy atom. The number of anilines is 2. The van der Waals surface area contributed by atoms with Crippen molar-refractivity contribution in [1.82, 2.24) is 9.78 Å². The van der Waals surface area contributed by atoms with Gasteiger partial charge in [-0.1, -0.05) is 6.07 Å². The van der Waals surface area contributed by atoms with E-state index in [1.165, 1.54) is 0 Å². The van der Waals surface area contributed by atoms with Crippen LogP contribution in [0.15, 0.2) is 36.5 Å². The van der Waals surface area contributed by atoms with E-state index in [0.29, 0.717) is 17.1 Å². The van der Waals surface area contributed by atoms with Crippen molar-refractivity contribution in [3.05, 3.63) is 42.2 Å². The number of rotatable bonds is 3. The Kier molecular flexibility index (Phi) is 3.09. The van der Waals surface area contributed by atoms with Gasteiger partial charge in [0.1, 0.15) is 0 Å². The molecule has 0 unspecified atom stereocenters. The summed E-state index contributed by atoms with van der Waals surface area (Å²) in [5.74, 6) is -0.234. The van der Waals surface area contributed by atoms with Crippen LogP contribution in [-0.4, -0.2) is 15.7 Å². The molecular weight excluding hydrogens is 216 g/mol. The van der Waals surface area contributed by atoms with E-state index in [-0.39, 0.29) is 5.91 Å². The number of carbonyl (C=O) groups is 1. The van der Waals surface area contributed by atoms with Crippen molar-refractivity contribution in [2.45, 2.75) is 13.5 Å². The van der Waals surface area contributed by atoms with E-state index in [1.807, 2.05) is 6.92 Å². The zero-order valence-electron chi connectivity index (χ0n) is 9.55. The van der Waals surface area contributed by atoms with E-state index < -0.39 is 0 Å². The number of hydrogen-bond acceptors (Lipinski definition) is 3. The van der Waals surface area contributed by atoms with Gasteiger partial charge in [0.15, 0.2) is 5.69 Å². The number of aryl methyl sites for hydroxylation is 1. The molecule has 3 N–H and O–H groups in total. The molecule has 17 heavy (non-hydrogen) atoms. The minimum atomic E-state index is -0.234. The summed E-state index contributed by atoms with van der Waals surface area (Å²) in [5.41, 5.74) is 7.31. The van der Waals surface area contributed by atoms with E-state index in [0.717, 1.165) is 6.54 Å². The second-order valence-electron chi connectivity index (χ2n) is 3.64. The van der Waals surface area contributed by atoms with Crippen LogP contribution in [0.5, 0.6) is 0 Å². The molecule has 1 aromatic carbocycles. The lowest BCUT2D eigenvalue weighted by atomic mass is 10.3. The molecular formula is C12H14N4O. The molecule has 0 saturated carbocycles. The molecule has 5 heteroatoms. The minimum Gasteiger partial charge on any atom is -0.399 e. The second-order valence-corrected chi connectivity index (χ2v) is 3.64. The van der Waals surface area contributed by atoms with Gasteiger partial charge in [0.2, 0.25) is 0 Å². The molecule has 0 spiro atoms. The molecule has 1 heterocycles. The molecule has 0 aliphatic heterocycles. The molecule has 1 amide bonds. The lowest BCUT2D eigenvalue weighted by Crippen LogP contribution is -2.13. The van der Waals surface area contributed by atoms with Crippen LogP contribution >= 0.6 is 0 Å². The van der Waals surface area contributed by atoms with Gasteiger partial charge in [0.05, 0.1) is 0 Å². The van der Waals surface area contributed by atoms with Crippen molar-refractivity contribution in [3.63, 3.8) is 0 Å². The van der Waals surface area contributed by atoms with Crippen molar-refractivity contribution in [3.8, 4) is 0 Å². The third-order valence-electron chi connectivity index (χ3n) is 2.34. The quantitative estimate of drug-likeness (QED) is 0.789. The molecule has 0 fully saturated rings. The molecule has 2 rings (SSSR count). The lowest BCUT2D eigenvalue weighted by molar-refractivity contribution is 0.102. The highest BCUT2D eigenvalue weighted by Gasteiger charge is 2.09. The summed E-state index contributed by atoms with van der Waals surface area (Å²) in [4.78, 5) is 11.8. The Bertz CT molecular complexity index is 533. The summed E-state index contributed by atoms with van der Waals surface area (Å²) in [7, 11) is 0. The smallest absolute Gasteiger partial charge is 0.276 e. The van der Waals surface area contributed by atoms with Crippen molar-refractivity contribution >= 4 is 17.3 Å². The molecule has 2 aromatic rings. The summed E-state index contributed by atoms with van der Waals surface area (Å²) in [6.45, 7) is 2.71. The van der Waals surface area contributed by atoms with E-state index in [2.05, 4.69) is 10.4 Å². The number of amides is 1. The SMILES string of the molecule is CCn1ccc(C(=O)Nc2cccc(N)c2)n1. The molecule has 0 bridgehead atoms. The van der Waals surface area contributed by atoms with Crippen LogP contribution in [0.4, 0.5) is 11.4 Å². The van der Waals surface area contributed by atoms with Gasteiger partial charge in [-0.25, -0.2) is 0 Å². The van der Waals surface area contributed by atoms with Crippen LogP contribution in [0, 0.1) is 0 Å². The highest BCUT2D eigenvalue weighted by atomic mass is 16.1. The average Bonchev–Trinajstić information content (AvgIpc) is 2.77. The van der Waals surface area contributed by atoms with Gasteiger partial charge in [-0.15, -0.1) is 0 Å². The Hall–Kier alpha value is -2.30. The molecule has 0 aliphatic carbocycles. The van der Waals surface area contributed by atoms with Gasteiger partial charge in [0.25, 0.3) is 5.91 Å². The highest BCUT2D eigenvalue weighted by molar-refractivity contribution is 6.02. The number of nitrogen functional groups attached to an aromatic ring is 1. The highest BCUT2D eigenvalue weighted by Crippen LogP contribution is 2.12. The summed E-state index contributed by atoms with van der Waals surface area (Å²) < 4.78 is 1.70. The Morgan fingerprint density at radius 2 is 2.29 bits per heavy atom. The summed E-state index contributed by atoms with van der Waals surface area (Å²) in [5, 5.41) is 6.86. The van der Waals surface area contributed by atoms with E-state index in [1.54, 1.807) is 41.2 Å². The van der Waals surface area contributed by atoms with Crippen LogP contribution in [0.1, 0.15) is 17.4 Å². The van der Waals surface area contributed by atoms with Crippen LogP contribution in [-0.2, 0) is 6.54 Å². The van der Waals surface area contributed by atoms with Crippen LogP contribution < -0.4 is 11.1 Å². The fraction of sp³-hybridized carbons (Fsp3) is 0.167. The minimum absolute atomic E-state index is 0.234. The summed E-state index contributed by atoms with van der Waals surface area (Å²) in [6.07, 6.45) is 1.77. The maximum Gasteiger partial charge on any atom is 0.276 e. The number of benzene rings is 1. The van der Waals surface area contributed by atoms with Gasteiger partial charge >= 0.3 is 0 Å². The number of nitrogens with one attached hydrogen (secondary N) is 1. The number of hydrogen-bond donors (Lipinski definition) is 2. The number of nitrogens with two attached hydrogens (primary N) is 1. The second kappa shape index (κ2) is 4.69. The fourth-order valence-corrected chi connectivity index (χ4v) is 1.47. The third-order valence-corrected chi connectivity index (χ3v) is 2.34. The molecule has 0 atom stereocenters. The maximum absolute atomic E-state index is 11.8. The van der Waals surface area contributed by atoms with Gasteiger partial charge in [-0.2, -0.15) is 5.10 Å². The summed E-state index contributed by atoms with van der Waals surface area (Å²) >= 11 is 0. The van der Waals surface area contributed by atoms with Crippen molar-refractivity contribution in [1.29, 1.82) is 0 Å². The first kappa shape index (κ1) is 11.2. The Morgan fingerprint density at radius 3 is 2.94 bits per heavy atom. The van der Waals surface area contributed by atoms with Gasteiger partial charge in [-0.05, 0) is 31.2 Å². The predicted octanol–water partition coefficient (Wildman–Crippen LogP) is 1.74. The van der Waals surface area contributed by atoms with E-state index >= 15 is 0 Å². The Labute approximate surface area is 99.2 Å². The average molecular weight is 230 g/mol. The lowest BCUT2D eigenvalue weighted by Gasteiger charge is -2.03. The standard InChI is InChI=1S/C12H14N4O/c1-2-16-7-6-11(15-16)12(17)14-10-5-3-4-9(13)8-10/h3-8H,2,13H2,1H3,(H,14,17). The first-order chi connectivity index (χ1) is 8.19. The third kappa shape index (κ3) is 2.63. The van der Waals surface area contributed by atoms with Crippen molar-refractivity contribution in [2.75, 3.05) is 11.1 Å². The molecule has 0 radical (unpaired) electrons. The number of nitrogens with zero attached hydrogens (tertiary/aromatic N) is 2. The number of carbonyl (C=O) groups excluding carboxylic acids is 1. The molecule has 1 aromatic heterocycles.